The molecule has 0 radical (unpaired) electrons. The van der Waals surface area contributed by atoms with Crippen molar-refractivity contribution in [1.29, 1.82) is 0 Å². The average Bonchev–Trinajstić information content (AvgIpc) is 3.24. The van der Waals surface area contributed by atoms with Crippen LogP contribution in [0.3, 0.4) is 0 Å². The molecule has 6 rings (SSSR count). The maximum Gasteiger partial charge on any atom is 0.418 e. The summed E-state index contributed by atoms with van der Waals surface area (Å²) in [5.74, 6) is -0.431. The van der Waals surface area contributed by atoms with Crippen molar-refractivity contribution in [2.75, 3.05) is 10.2 Å². The summed E-state index contributed by atoms with van der Waals surface area (Å²) in [4.78, 5) is 5.76. The average molecular weight is 531 g/mol. The second-order valence-corrected chi connectivity index (χ2v) is 11.1. The van der Waals surface area contributed by atoms with Crippen LogP contribution >= 0.6 is 0 Å². The number of hydrogen-bond donors (Lipinski definition) is 1. The molecule has 2 aromatic carbocycles. The molecule has 6 nitrogen and oxygen atoms in total. The van der Waals surface area contributed by atoms with Crippen LogP contribution < -0.4 is 10.2 Å². The molecule has 192 valence electrons. The van der Waals surface area contributed by atoms with Gasteiger partial charge in [0.05, 0.1) is 16.9 Å². The number of hydrogen-bond acceptors (Lipinski definition) is 5. The first kappa shape index (κ1) is 23.9. The summed E-state index contributed by atoms with van der Waals surface area (Å²) in [6.07, 6.45) is 1.91. The van der Waals surface area contributed by atoms with Crippen molar-refractivity contribution in [1.82, 2.24) is 4.98 Å². The van der Waals surface area contributed by atoms with Crippen LogP contribution in [0.15, 0.2) is 64.0 Å². The lowest BCUT2D eigenvalue weighted by atomic mass is 10.0. The quantitative estimate of drug-likeness (QED) is 0.421. The third-order valence-electron chi connectivity index (χ3n) is 7.30. The molecule has 4 heterocycles. The molecule has 3 aliphatic rings. The molecule has 2 atom stereocenters. The van der Waals surface area contributed by atoms with Crippen LogP contribution in [0.1, 0.15) is 43.2 Å². The van der Waals surface area contributed by atoms with Crippen LogP contribution in [-0.2, 0) is 16.2 Å². The fraction of sp³-hybridized carbons (Fsp3) is 0.308. The molecule has 0 amide bonds. The van der Waals surface area contributed by atoms with Gasteiger partial charge < -0.3 is 10.2 Å². The zero-order valence-corrected chi connectivity index (χ0v) is 20.3. The van der Waals surface area contributed by atoms with Gasteiger partial charge in [-0.1, -0.05) is 6.07 Å². The summed E-state index contributed by atoms with van der Waals surface area (Å²) in [6, 6.07) is 11.3. The Morgan fingerprint density at radius 3 is 2.43 bits per heavy atom. The van der Waals surface area contributed by atoms with Gasteiger partial charge in [0, 0.05) is 35.1 Å². The summed E-state index contributed by atoms with van der Waals surface area (Å²) < 4.78 is 84.9. The summed E-state index contributed by atoms with van der Waals surface area (Å²) in [5.41, 5.74) is -0.300. The van der Waals surface area contributed by atoms with Gasteiger partial charge in [-0.25, -0.2) is 4.39 Å². The van der Waals surface area contributed by atoms with Crippen molar-refractivity contribution in [3.05, 3.63) is 71.7 Å². The number of fused-ring (bicyclic) bond motifs is 3. The van der Waals surface area contributed by atoms with E-state index in [2.05, 4.69) is 19.6 Å². The van der Waals surface area contributed by atoms with Crippen molar-refractivity contribution in [3.63, 3.8) is 0 Å². The molecule has 2 bridgehead atoms. The molecule has 2 fully saturated rings. The zero-order chi connectivity index (χ0) is 25.9. The smallest absolute Gasteiger partial charge is 0.363 e. The number of sulfonamides is 1. The molecule has 2 saturated heterocycles. The fourth-order valence-corrected chi connectivity index (χ4v) is 6.89. The highest BCUT2D eigenvalue weighted by molar-refractivity contribution is 7.90. The third kappa shape index (κ3) is 4.14. The van der Waals surface area contributed by atoms with Crippen molar-refractivity contribution < 1.29 is 26.0 Å². The van der Waals surface area contributed by atoms with Crippen molar-refractivity contribution in [3.8, 4) is 11.3 Å². The number of nitrogens with one attached hydrogen (secondary N) is 1. The van der Waals surface area contributed by atoms with Gasteiger partial charge in [-0.2, -0.15) is 21.6 Å². The highest BCUT2D eigenvalue weighted by Gasteiger charge is 2.38. The summed E-state index contributed by atoms with van der Waals surface area (Å²) in [6.45, 7) is 0. The highest BCUT2D eigenvalue weighted by Crippen LogP contribution is 2.41. The Kier molecular flexibility index (Phi) is 5.52. The number of benzene rings is 2. The molecule has 0 spiro atoms. The molecule has 1 N–H and O–H groups in total. The molecule has 2 unspecified atom stereocenters. The van der Waals surface area contributed by atoms with E-state index in [0.717, 1.165) is 44.2 Å². The van der Waals surface area contributed by atoms with Gasteiger partial charge in [-0.05, 0) is 74.6 Å². The minimum Gasteiger partial charge on any atom is -0.363 e. The number of anilines is 2. The third-order valence-corrected chi connectivity index (χ3v) is 8.61. The van der Waals surface area contributed by atoms with Gasteiger partial charge in [0.2, 0.25) is 0 Å². The molecular formula is C26H22F4N4O2S. The van der Waals surface area contributed by atoms with E-state index in [0.29, 0.717) is 23.5 Å². The van der Waals surface area contributed by atoms with Crippen LogP contribution in [0.4, 0.5) is 28.9 Å². The number of aromatic nitrogens is 1. The largest absolute Gasteiger partial charge is 0.418 e. The number of piperidine rings is 1. The number of halogens is 4. The molecule has 1 aromatic heterocycles. The van der Waals surface area contributed by atoms with Crippen molar-refractivity contribution >= 4 is 27.2 Å². The number of alkyl halides is 3. The first-order valence-electron chi connectivity index (χ1n) is 12.0. The second-order valence-electron chi connectivity index (χ2n) is 9.54. The maximum absolute atomic E-state index is 15.2. The topological polar surface area (TPSA) is 74.7 Å². The number of rotatable bonds is 3. The Morgan fingerprint density at radius 2 is 1.73 bits per heavy atom. The lowest BCUT2D eigenvalue weighted by Gasteiger charge is -2.37. The Balaban J connectivity index is 1.30. The van der Waals surface area contributed by atoms with E-state index >= 15 is 4.39 Å². The lowest BCUT2D eigenvalue weighted by Crippen LogP contribution is -2.40. The van der Waals surface area contributed by atoms with E-state index in [4.69, 9.17) is 0 Å². The minimum atomic E-state index is -4.66. The molecular weight excluding hydrogens is 508 g/mol. The van der Waals surface area contributed by atoms with Crippen LogP contribution in [0.5, 0.6) is 0 Å². The fourth-order valence-electron chi connectivity index (χ4n) is 5.69. The SMILES string of the molecule is O=S1(=O)N=C(Nc2ccc(N3C4CCCC3CC4)c(F)c2)c2ccc(-c3ncccc3C(F)(F)F)cc21. The normalized spacial score (nSPS) is 22.1. The number of nitrogens with zero attached hydrogens (tertiary/aromatic N) is 3. The number of amidine groups is 1. The van der Waals surface area contributed by atoms with Crippen LogP contribution in [0.2, 0.25) is 0 Å². The van der Waals surface area contributed by atoms with E-state index in [1.165, 1.54) is 30.5 Å². The van der Waals surface area contributed by atoms with E-state index in [-0.39, 0.29) is 27.6 Å². The Bertz CT molecular complexity index is 1520. The molecule has 0 aliphatic carbocycles. The monoisotopic (exact) mass is 530 g/mol. The van der Waals surface area contributed by atoms with Crippen LogP contribution in [0.25, 0.3) is 11.3 Å². The van der Waals surface area contributed by atoms with Crippen LogP contribution in [-0.4, -0.2) is 31.3 Å². The van der Waals surface area contributed by atoms with Crippen LogP contribution in [0, 0.1) is 5.82 Å². The first-order valence-corrected chi connectivity index (χ1v) is 13.4. The summed E-state index contributed by atoms with van der Waals surface area (Å²) >= 11 is 0. The predicted octanol–water partition coefficient (Wildman–Crippen LogP) is 5.99. The van der Waals surface area contributed by atoms with E-state index in [9.17, 15) is 21.6 Å². The van der Waals surface area contributed by atoms with E-state index in [1.807, 2.05) is 0 Å². The van der Waals surface area contributed by atoms with Gasteiger partial charge in [-0.3, -0.25) is 4.98 Å². The standard InChI is InChI=1S/C26H22F4N4O2S/c27-21-14-16(7-11-22(21)34-17-3-1-4-18(34)9-8-17)32-25-19-10-6-15(13-23(19)37(35,36)33-25)24-20(26(28,29)30)5-2-12-31-24/h2,5-7,10-14,17-18H,1,3-4,8-9H2,(H,32,33). The molecule has 3 aromatic rings. The lowest BCUT2D eigenvalue weighted by molar-refractivity contribution is -0.137. The molecule has 3 aliphatic heterocycles. The number of pyridine rings is 1. The second kappa shape index (κ2) is 8.54. The van der Waals surface area contributed by atoms with Gasteiger partial charge in [0.15, 0.2) is 5.84 Å². The molecule has 37 heavy (non-hydrogen) atoms. The predicted molar refractivity (Wildman–Crippen MR) is 132 cm³/mol. The van der Waals surface area contributed by atoms with Gasteiger partial charge in [-0.15, -0.1) is 4.40 Å². The Hall–Kier alpha value is -3.47. The van der Waals surface area contributed by atoms with Gasteiger partial charge >= 0.3 is 6.18 Å². The van der Waals surface area contributed by atoms with Gasteiger partial charge in [0.1, 0.15) is 10.7 Å². The van der Waals surface area contributed by atoms with E-state index in [1.54, 1.807) is 12.1 Å². The molecule has 0 saturated carbocycles. The Morgan fingerprint density at radius 1 is 0.973 bits per heavy atom. The van der Waals surface area contributed by atoms with Crippen molar-refractivity contribution in [2.45, 2.75) is 55.3 Å². The first-order chi connectivity index (χ1) is 17.6. The summed E-state index contributed by atoms with van der Waals surface area (Å²) in [5, 5.41) is 2.87. The zero-order valence-electron chi connectivity index (χ0n) is 19.5. The summed E-state index contributed by atoms with van der Waals surface area (Å²) in [7, 11) is -4.18. The molecule has 11 heteroatoms. The Labute approximate surface area is 211 Å². The van der Waals surface area contributed by atoms with Crippen molar-refractivity contribution in [2.24, 2.45) is 4.40 Å². The maximum atomic E-state index is 15.2. The van der Waals surface area contributed by atoms with Gasteiger partial charge in [0.25, 0.3) is 10.0 Å². The highest BCUT2D eigenvalue weighted by atomic mass is 32.2. The van der Waals surface area contributed by atoms with E-state index < -0.39 is 27.6 Å². The minimum absolute atomic E-state index is 0.00161.